The fraction of sp³-hybridized carbons (Fsp3) is 0.261. The standard InChI is InChI=1S/C23H24F2N2S/c1-3-22(27-14-15(2)26)20-12-11-19(17-5-4-6-17)21(23(20)24)13-16-7-9-18(28-25)10-8-16/h3,7-12,14,17H,1,4-6,13,26H2,2H3/b15-14+,27-22+. The summed E-state index contributed by atoms with van der Waals surface area (Å²) >= 11 is 0.208. The molecular formula is C23H24F2N2S. The first-order valence-electron chi connectivity index (χ1n) is 9.35. The average Bonchev–Trinajstić information content (AvgIpc) is 2.65. The molecule has 0 unspecified atom stereocenters. The lowest BCUT2D eigenvalue weighted by Gasteiger charge is -2.29. The van der Waals surface area contributed by atoms with Gasteiger partial charge in [0.1, 0.15) is 5.82 Å². The highest BCUT2D eigenvalue weighted by Gasteiger charge is 2.25. The van der Waals surface area contributed by atoms with E-state index < -0.39 is 0 Å². The molecule has 146 valence electrons. The Morgan fingerprint density at radius 1 is 1.25 bits per heavy atom. The summed E-state index contributed by atoms with van der Waals surface area (Å²) < 4.78 is 28.3. The van der Waals surface area contributed by atoms with Crippen molar-refractivity contribution in [2.24, 2.45) is 10.7 Å². The molecule has 2 nitrogen and oxygen atoms in total. The van der Waals surface area contributed by atoms with Gasteiger partial charge >= 0.3 is 0 Å². The Labute approximate surface area is 169 Å². The van der Waals surface area contributed by atoms with Crippen LogP contribution in [-0.4, -0.2) is 5.71 Å². The molecule has 1 aliphatic rings. The SMILES string of the molecule is C=C/C(=N\C=C(/C)N)c1ccc(C2CCC2)c(Cc2ccc(SF)cc2)c1F. The number of hydrogen-bond donors (Lipinski definition) is 1. The molecule has 0 radical (unpaired) electrons. The molecule has 0 spiro atoms. The number of rotatable bonds is 7. The smallest absolute Gasteiger partial charge is 0.136 e. The highest BCUT2D eigenvalue weighted by molar-refractivity contribution is 7.94. The second kappa shape index (κ2) is 9.20. The molecule has 2 N–H and O–H groups in total. The molecule has 0 atom stereocenters. The summed E-state index contributed by atoms with van der Waals surface area (Å²) in [5, 5.41) is 0. The topological polar surface area (TPSA) is 38.4 Å². The Morgan fingerprint density at radius 2 is 1.96 bits per heavy atom. The quantitative estimate of drug-likeness (QED) is 0.544. The van der Waals surface area contributed by atoms with Crippen LogP contribution < -0.4 is 5.73 Å². The summed E-state index contributed by atoms with van der Waals surface area (Å²) in [6, 6.07) is 10.9. The van der Waals surface area contributed by atoms with Gasteiger partial charge in [-0.3, -0.25) is 4.99 Å². The summed E-state index contributed by atoms with van der Waals surface area (Å²) in [4.78, 5) is 4.82. The van der Waals surface area contributed by atoms with E-state index in [2.05, 4.69) is 11.6 Å². The van der Waals surface area contributed by atoms with Gasteiger partial charge < -0.3 is 5.73 Å². The first-order chi connectivity index (χ1) is 13.5. The number of benzene rings is 2. The Kier molecular flexibility index (Phi) is 6.68. The summed E-state index contributed by atoms with van der Waals surface area (Å²) in [6.07, 6.45) is 6.84. The predicted molar refractivity (Wildman–Crippen MR) is 114 cm³/mol. The molecule has 1 fully saturated rings. The minimum absolute atomic E-state index is 0.208. The third-order valence-electron chi connectivity index (χ3n) is 5.09. The fourth-order valence-corrected chi connectivity index (χ4v) is 3.62. The molecule has 0 aromatic heterocycles. The van der Waals surface area contributed by atoms with Crippen LogP contribution in [0.1, 0.15) is 54.4 Å². The van der Waals surface area contributed by atoms with Crippen LogP contribution in [0.3, 0.4) is 0 Å². The molecule has 1 aliphatic carbocycles. The van der Waals surface area contributed by atoms with E-state index in [1.54, 1.807) is 25.1 Å². The molecule has 28 heavy (non-hydrogen) atoms. The first kappa shape index (κ1) is 20.3. The highest BCUT2D eigenvalue weighted by atomic mass is 32.2. The van der Waals surface area contributed by atoms with Crippen molar-refractivity contribution in [2.45, 2.75) is 43.4 Å². The van der Waals surface area contributed by atoms with E-state index in [1.165, 1.54) is 18.7 Å². The van der Waals surface area contributed by atoms with Crippen LogP contribution in [0.25, 0.3) is 0 Å². The second-order valence-electron chi connectivity index (χ2n) is 7.11. The van der Waals surface area contributed by atoms with Gasteiger partial charge in [-0.2, -0.15) is 3.89 Å². The summed E-state index contributed by atoms with van der Waals surface area (Å²) in [5.41, 5.74) is 9.76. The minimum atomic E-state index is -0.268. The third-order valence-corrected chi connectivity index (χ3v) is 5.54. The van der Waals surface area contributed by atoms with Gasteiger partial charge in [0.15, 0.2) is 0 Å². The Hall–Kier alpha value is -2.40. The van der Waals surface area contributed by atoms with Crippen molar-refractivity contribution < 1.29 is 8.28 Å². The van der Waals surface area contributed by atoms with Crippen LogP contribution in [0.15, 0.2) is 70.8 Å². The molecule has 2 aromatic rings. The largest absolute Gasteiger partial charge is 0.401 e. The Balaban J connectivity index is 2.04. The van der Waals surface area contributed by atoms with Gasteiger partial charge in [-0.25, -0.2) is 4.39 Å². The molecule has 3 rings (SSSR count). The van der Waals surface area contributed by atoms with Crippen LogP contribution in [0.4, 0.5) is 8.28 Å². The molecule has 0 bridgehead atoms. The van der Waals surface area contributed by atoms with Gasteiger partial charge in [0.05, 0.1) is 17.9 Å². The number of allylic oxidation sites excluding steroid dienone is 2. The van der Waals surface area contributed by atoms with Crippen LogP contribution in [0.5, 0.6) is 0 Å². The predicted octanol–water partition coefficient (Wildman–Crippen LogP) is 6.46. The van der Waals surface area contributed by atoms with Crippen molar-refractivity contribution in [3.8, 4) is 0 Å². The van der Waals surface area contributed by atoms with Gasteiger partial charge in [0.25, 0.3) is 0 Å². The number of nitrogens with zero attached hydrogens (tertiary/aromatic N) is 1. The molecule has 0 saturated heterocycles. The lowest BCUT2D eigenvalue weighted by atomic mass is 9.76. The molecule has 0 heterocycles. The number of aliphatic imine (C=N–C) groups is 1. The second-order valence-corrected chi connectivity index (χ2v) is 7.74. The monoisotopic (exact) mass is 398 g/mol. The number of halogens is 2. The van der Waals surface area contributed by atoms with Crippen molar-refractivity contribution in [2.75, 3.05) is 0 Å². The van der Waals surface area contributed by atoms with Crippen LogP contribution >= 0.6 is 12.1 Å². The van der Waals surface area contributed by atoms with E-state index in [1.807, 2.05) is 18.2 Å². The van der Waals surface area contributed by atoms with Crippen LogP contribution in [0.2, 0.25) is 0 Å². The van der Waals surface area contributed by atoms with E-state index in [9.17, 15) is 3.89 Å². The molecular weight excluding hydrogens is 374 g/mol. The van der Waals surface area contributed by atoms with Crippen LogP contribution in [-0.2, 0) is 6.42 Å². The zero-order valence-corrected chi connectivity index (χ0v) is 16.7. The highest BCUT2D eigenvalue weighted by Crippen LogP contribution is 2.40. The maximum Gasteiger partial charge on any atom is 0.136 e. The molecule has 0 amide bonds. The van der Waals surface area contributed by atoms with E-state index in [0.717, 1.165) is 24.0 Å². The summed E-state index contributed by atoms with van der Waals surface area (Å²) in [7, 11) is 0. The van der Waals surface area contributed by atoms with Crippen molar-refractivity contribution in [1.29, 1.82) is 0 Å². The Bertz CT molecular complexity index is 909. The minimum Gasteiger partial charge on any atom is -0.401 e. The molecule has 0 aliphatic heterocycles. The average molecular weight is 399 g/mol. The number of hydrogen-bond acceptors (Lipinski definition) is 3. The van der Waals surface area contributed by atoms with Crippen molar-refractivity contribution >= 4 is 17.9 Å². The lowest BCUT2D eigenvalue weighted by Crippen LogP contribution is -2.15. The molecule has 1 saturated carbocycles. The summed E-state index contributed by atoms with van der Waals surface area (Å²) in [6.45, 7) is 5.50. The van der Waals surface area contributed by atoms with Crippen LogP contribution in [0, 0.1) is 5.82 Å². The maximum absolute atomic E-state index is 15.6. The summed E-state index contributed by atoms with van der Waals surface area (Å²) in [5.74, 6) is 0.129. The van der Waals surface area contributed by atoms with E-state index in [-0.39, 0.29) is 18.0 Å². The molecule has 5 heteroatoms. The van der Waals surface area contributed by atoms with Crippen molar-refractivity contribution in [3.63, 3.8) is 0 Å². The maximum atomic E-state index is 15.6. The zero-order valence-electron chi connectivity index (χ0n) is 15.9. The van der Waals surface area contributed by atoms with E-state index >= 15 is 4.39 Å². The molecule has 2 aromatic carbocycles. The van der Waals surface area contributed by atoms with Gasteiger partial charge in [0.2, 0.25) is 0 Å². The lowest BCUT2D eigenvalue weighted by molar-refractivity contribution is 0.415. The van der Waals surface area contributed by atoms with Gasteiger partial charge in [0, 0.05) is 28.8 Å². The normalized spacial score (nSPS) is 15.4. The van der Waals surface area contributed by atoms with Gasteiger partial charge in [-0.15, -0.1) is 0 Å². The van der Waals surface area contributed by atoms with Gasteiger partial charge in [-0.1, -0.05) is 31.2 Å². The van der Waals surface area contributed by atoms with Gasteiger partial charge in [-0.05, 0) is 66.6 Å². The van der Waals surface area contributed by atoms with Crippen molar-refractivity contribution in [1.82, 2.24) is 0 Å². The Morgan fingerprint density at radius 3 is 2.50 bits per heavy atom. The number of nitrogens with two attached hydrogens (primary N) is 1. The zero-order chi connectivity index (χ0) is 20.1. The first-order valence-corrected chi connectivity index (χ1v) is 10.1. The van der Waals surface area contributed by atoms with E-state index in [0.29, 0.717) is 39.8 Å². The fourth-order valence-electron chi connectivity index (χ4n) is 3.38. The van der Waals surface area contributed by atoms with Crippen molar-refractivity contribution in [3.05, 3.63) is 89.0 Å². The van der Waals surface area contributed by atoms with E-state index in [4.69, 9.17) is 5.73 Å². The third kappa shape index (κ3) is 4.53.